The molecule has 0 radical (unpaired) electrons. The molecule has 2 bridgehead atoms. The highest BCUT2D eigenvalue weighted by atomic mass is 31.2. The first-order chi connectivity index (χ1) is 41.7. The van der Waals surface area contributed by atoms with Gasteiger partial charge in [0.15, 0.2) is 41.2 Å². The predicted molar refractivity (Wildman–Crippen MR) is 298 cm³/mol. The monoisotopic (exact) mass is 1280 g/mol. The summed E-state index contributed by atoms with van der Waals surface area (Å²) >= 11 is 0. The number of phosphoric acid groups is 2. The highest BCUT2D eigenvalue weighted by molar-refractivity contribution is 7.47. The number of benzene rings is 1. The summed E-state index contributed by atoms with van der Waals surface area (Å²) in [6, 6.07) is 3.05. The second-order valence-electron chi connectivity index (χ2n) is 20.3. The lowest BCUT2D eigenvalue weighted by Gasteiger charge is -2.29. The number of likely N-dealkylation sites (N-methyl/N-ethyl adjacent to an activating group) is 2. The minimum Gasteiger partial charge on any atom is -0.445 e. The molecule has 3 saturated heterocycles. The number of imidazole rings is 2. The van der Waals surface area contributed by atoms with Gasteiger partial charge in [-0.05, 0) is 42.0 Å². The molecule has 8 rings (SSSR count). The Morgan fingerprint density at radius 1 is 0.875 bits per heavy atom. The van der Waals surface area contributed by atoms with Gasteiger partial charge < -0.3 is 82.1 Å². The molecule has 14 N–H and O–H groups in total. The molecule has 0 aliphatic carbocycles. The third-order valence-electron chi connectivity index (χ3n) is 13.7. The number of carbonyl (C=O) groups excluding carboxylic acids is 6. The van der Waals surface area contributed by atoms with Crippen LogP contribution in [0, 0.1) is 5.92 Å². The van der Waals surface area contributed by atoms with Crippen LogP contribution in [0.25, 0.3) is 32.8 Å². The number of hydrogen-bond donors (Lipinski definition) is 11. The number of hydrogen-bond acceptors (Lipinski definition) is 26. The number of rotatable bonds is 20. The number of nitrogens with two attached hydrogens (primary N) is 3. The second kappa shape index (κ2) is 28.0. The number of H-pyrrole nitrogens is 1. The van der Waals surface area contributed by atoms with Crippen LogP contribution < -0.4 is 44.0 Å². The van der Waals surface area contributed by atoms with E-state index in [1.165, 1.54) is 37.1 Å². The molecule has 0 saturated carbocycles. The van der Waals surface area contributed by atoms with E-state index in [0.717, 1.165) is 27.0 Å². The SMILES string of the molecule is CC(C)[C@H](NC(=O)CN=[N+]=[N-])C(=O)N[C@@H](CCCNC(N)=O)C(=O)Nc1ccc(COC(=O)N(C)CCN(C)C(=O)O[C@@H]2[C@@H]3O[P@](=O)(O)OC[C@H]4O[C@@H](n5cnc6c(=O)[nH]c(N)nc65)[C@H](O[P@](=O)(O)OC[C@H]3O[C@H]2n2cnc3c(N)ncnc32)[C@@H]4O)cc1. The predicted octanol–water partition coefficient (Wildman–Crippen LogP) is -0.674. The number of phosphoric ester groups is 2. The molecule has 3 aliphatic rings. The Bertz CT molecular complexity index is 3610. The van der Waals surface area contributed by atoms with Crippen molar-refractivity contribution in [2.24, 2.45) is 16.8 Å². The Labute approximate surface area is 495 Å². The Kier molecular flexibility index (Phi) is 20.8. The third-order valence-corrected chi connectivity index (χ3v) is 15.6. The number of aliphatic hydroxyl groups excluding tert-OH is 1. The van der Waals surface area contributed by atoms with Gasteiger partial charge >= 0.3 is 33.9 Å². The smallest absolute Gasteiger partial charge is 0.445 e. The Balaban J connectivity index is 0.906. The molecule has 1 aromatic carbocycles. The van der Waals surface area contributed by atoms with Crippen LogP contribution in [-0.2, 0) is 67.2 Å². The molecule has 3 fully saturated rings. The van der Waals surface area contributed by atoms with Gasteiger partial charge in [0, 0.05) is 44.3 Å². The van der Waals surface area contributed by atoms with Crippen molar-refractivity contribution >= 4 is 91.4 Å². The van der Waals surface area contributed by atoms with Gasteiger partial charge in [-0.3, -0.25) is 51.4 Å². The number of aromatic amines is 1. The van der Waals surface area contributed by atoms with E-state index in [0.29, 0.717) is 5.56 Å². The van der Waals surface area contributed by atoms with E-state index in [2.05, 4.69) is 61.2 Å². The van der Waals surface area contributed by atoms with Crippen molar-refractivity contribution < 1.29 is 89.8 Å². The lowest BCUT2D eigenvalue weighted by molar-refractivity contribution is -0.131. The highest BCUT2D eigenvalue weighted by Gasteiger charge is 2.56. The average molecular weight is 1280 g/mol. The van der Waals surface area contributed by atoms with Gasteiger partial charge in [0.05, 0.1) is 25.9 Å². The summed E-state index contributed by atoms with van der Waals surface area (Å²) in [6.45, 7) is 0.221. The van der Waals surface area contributed by atoms with Crippen LogP contribution in [0.15, 0.2) is 53.2 Å². The first-order valence-electron chi connectivity index (χ1n) is 26.5. The van der Waals surface area contributed by atoms with Crippen LogP contribution in [0.2, 0.25) is 0 Å². The number of aromatic nitrogens is 8. The van der Waals surface area contributed by atoms with E-state index < -0.39 is 144 Å². The maximum absolute atomic E-state index is 14.1. The quantitative estimate of drug-likeness (QED) is 0.0151. The summed E-state index contributed by atoms with van der Waals surface area (Å²) in [7, 11) is -8.10. The van der Waals surface area contributed by atoms with Crippen LogP contribution >= 0.6 is 15.6 Å². The first-order valence-corrected chi connectivity index (χ1v) is 29.5. The van der Waals surface area contributed by atoms with Gasteiger partial charge in [0.2, 0.25) is 23.7 Å². The summed E-state index contributed by atoms with van der Waals surface area (Å²) in [5, 5.41) is 24.8. The van der Waals surface area contributed by atoms with Crippen LogP contribution in [0.3, 0.4) is 0 Å². The Hall–Kier alpha value is -8.65. The van der Waals surface area contributed by atoms with Crippen LogP contribution in [0.4, 0.5) is 31.8 Å². The van der Waals surface area contributed by atoms with Crippen molar-refractivity contribution in [3.05, 3.63) is 69.6 Å². The van der Waals surface area contributed by atoms with E-state index in [9.17, 15) is 57.6 Å². The molecular weight excluding hydrogens is 1210 g/mol. The molecule has 4 aromatic heterocycles. The molecule has 42 heteroatoms. The van der Waals surface area contributed by atoms with E-state index in [4.69, 9.17) is 59.8 Å². The molecule has 7 amide bonds. The van der Waals surface area contributed by atoms with Gasteiger partial charge in [-0.15, -0.1) is 0 Å². The number of fused-ring (bicyclic) bond motifs is 5. The van der Waals surface area contributed by atoms with Crippen molar-refractivity contribution in [1.29, 1.82) is 0 Å². The summed E-state index contributed by atoms with van der Waals surface area (Å²) in [5.41, 5.74) is 25.1. The van der Waals surface area contributed by atoms with Gasteiger partial charge in [-0.2, -0.15) is 4.98 Å². The van der Waals surface area contributed by atoms with Gasteiger partial charge in [-0.1, -0.05) is 31.1 Å². The fraction of sp³-hybridized carbons (Fsp3) is 0.522. The molecular formula is C46H62N20O20P2. The van der Waals surface area contributed by atoms with E-state index >= 15 is 0 Å². The summed E-state index contributed by atoms with van der Waals surface area (Å²) in [5.74, 6) is -2.93. The molecule has 12 atom stereocenters. The van der Waals surface area contributed by atoms with Crippen LogP contribution in [-0.4, -0.2) is 202 Å². The molecule has 7 heterocycles. The minimum absolute atomic E-state index is 0.00573. The number of nitrogen functional groups attached to an aromatic ring is 2. The Morgan fingerprint density at radius 3 is 2.18 bits per heavy atom. The van der Waals surface area contributed by atoms with Crippen molar-refractivity contribution in [3.63, 3.8) is 0 Å². The number of aliphatic hydroxyl groups is 1. The summed E-state index contributed by atoms with van der Waals surface area (Å²) in [4.78, 5) is 140. The van der Waals surface area contributed by atoms with Crippen molar-refractivity contribution in [1.82, 2.24) is 64.8 Å². The fourth-order valence-corrected chi connectivity index (χ4v) is 11.0. The molecule has 0 spiro atoms. The third kappa shape index (κ3) is 15.9. The number of azide groups is 1. The number of amides is 7. The van der Waals surface area contributed by atoms with E-state index in [1.807, 2.05) is 0 Å². The number of primary amides is 1. The van der Waals surface area contributed by atoms with Gasteiger partial charge in [0.1, 0.15) is 67.6 Å². The zero-order valence-corrected chi connectivity index (χ0v) is 48.8. The van der Waals surface area contributed by atoms with E-state index in [-0.39, 0.29) is 78.9 Å². The largest absolute Gasteiger partial charge is 0.472 e. The normalized spacial score (nSPS) is 25.1. The Morgan fingerprint density at radius 2 is 1.51 bits per heavy atom. The first kappa shape index (κ1) is 65.3. The number of carbonyl (C=O) groups is 6. The maximum Gasteiger partial charge on any atom is 0.472 e. The lowest BCUT2D eigenvalue weighted by atomic mass is 10.0. The summed E-state index contributed by atoms with van der Waals surface area (Å²) in [6.07, 6.45) is -12.4. The van der Waals surface area contributed by atoms with Gasteiger partial charge in [0.25, 0.3) is 5.56 Å². The number of anilines is 3. The van der Waals surface area contributed by atoms with Crippen LogP contribution in [0.1, 0.15) is 44.7 Å². The van der Waals surface area contributed by atoms with Crippen molar-refractivity contribution in [3.8, 4) is 0 Å². The van der Waals surface area contributed by atoms with Crippen molar-refractivity contribution in [2.75, 3.05) is 70.3 Å². The average Bonchev–Trinajstić information content (AvgIpc) is 2.66. The van der Waals surface area contributed by atoms with Crippen molar-refractivity contribution in [2.45, 2.75) is 94.5 Å². The zero-order valence-electron chi connectivity index (χ0n) is 47.0. The minimum atomic E-state index is -5.40. The molecule has 88 heavy (non-hydrogen) atoms. The maximum atomic E-state index is 14.1. The van der Waals surface area contributed by atoms with Gasteiger partial charge in [-0.25, -0.2) is 43.4 Å². The number of nitrogens with one attached hydrogen (secondary N) is 5. The number of urea groups is 1. The standard InChI is InChI=1S/C46H62N20O20P2/c1-21(2)28(59-27(67)14-56-62-50)39(70)58-24(6-5-11-51-44(49)72)38(69)57-23-9-7-22(8-10-23)15-79-45(73)63(3)12-13-64(4)46(74)84-34-32-26(83-42(34)65-19-54-29-35(47)52-18-53-36(29)65)17-81-88(77,78)86-33-31(68)25(16-80-87(75,76)85-32)82-41(33)66-20-55-30-37(66)60-43(48)61-40(30)71/h7-10,18-21,24-26,28,31-34,41-42,68H,5-6,11-17H2,1-4H3,(H,57,69)(H,58,70)(H,59,67)(H,75,76)(H,77,78)(H2,47,52,53)(H3,49,51,72)(H3,48,60,61,71)/t24-,25+,26+,28-,31+,32+,33+,34+,41+,42+/m0/s1. The van der Waals surface area contributed by atoms with Crippen LogP contribution in [0.5, 0.6) is 0 Å². The topological polar surface area (TPSA) is 560 Å². The second-order valence-corrected chi connectivity index (χ2v) is 23.1. The number of nitrogens with zero attached hydrogens (tertiary/aromatic N) is 12. The molecule has 5 aromatic rings. The highest BCUT2D eigenvalue weighted by Crippen LogP contribution is 2.54. The molecule has 476 valence electrons. The molecule has 0 unspecified atom stereocenters. The molecule has 3 aliphatic heterocycles. The molecule has 40 nitrogen and oxygen atoms in total. The lowest BCUT2D eigenvalue weighted by Crippen LogP contribution is -2.55. The van der Waals surface area contributed by atoms with E-state index in [1.54, 1.807) is 26.0 Å². The zero-order chi connectivity index (χ0) is 63.8. The number of ether oxygens (including phenoxy) is 4. The fourth-order valence-electron chi connectivity index (χ4n) is 9.16. The summed E-state index contributed by atoms with van der Waals surface area (Å²) < 4.78 is 75.4.